The minimum Gasteiger partial charge on any atom is -0.497 e. The van der Waals surface area contributed by atoms with Crippen LogP contribution in [0.5, 0.6) is 5.75 Å². The molecule has 0 saturated carbocycles. The molecule has 2 rings (SSSR count). The zero-order valence-corrected chi connectivity index (χ0v) is 14.7. The zero-order chi connectivity index (χ0) is 17.0. The molecule has 124 valence electrons. The maximum absolute atomic E-state index is 12.2. The SMILES string of the molecule is COc1ccc(S(=O)(=O)NC(=O)c2csc(CC(C)C)n2)cc1. The molecule has 1 aromatic carbocycles. The summed E-state index contributed by atoms with van der Waals surface area (Å²) in [4.78, 5) is 16.3. The van der Waals surface area contributed by atoms with Gasteiger partial charge in [-0.05, 0) is 30.2 Å². The van der Waals surface area contributed by atoms with E-state index in [1.165, 1.54) is 42.7 Å². The van der Waals surface area contributed by atoms with Gasteiger partial charge in [0.15, 0.2) is 0 Å². The van der Waals surface area contributed by atoms with Crippen molar-refractivity contribution in [2.75, 3.05) is 7.11 Å². The number of ether oxygens (including phenoxy) is 1. The Morgan fingerprint density at radius 3 is 2.52 bits per heavy atom. The number of aromatic nitrogens is 1. The second-order valence-electron chi connectivity index (χ2n) is 5.33. The number of hydrogen-bond acceptors (Lipinski definition) is 6. The van der Waals surface area contributed by atoms with Crippen molar-refractivity contribution in [1.29, 1.82) is 0 Å². The molecular weight excluding hydrogens is 336 g/mol. The van der Waals surface area contributed by atoms with Gasteiger partial charge < -0.3 is 4.74 Å². The number of hydrogen-bond donors (Lipinski definition) is 1. The van der Waals surface area contributed by atoms with Gasteiger partial charge >= 0.3 is 0 Å². The minimum absolute atomic E-state index is 0.00992. The van der Waals surface area contributed by atoms with Crippen molar-refractivity contribution >= 4 is 27.3 Å². The van der Waals surface area contributed by atoms with Crippen LogP contribution in [0.2, 0.25) is 0 Å². The van der Waals surface area contributed by atoms with Gasteiger partial charge in [-0.2, -0.15) is 0 Å². The lowest BCUT2D eigenvalue weighted by molar-refractivity contribution is 0.0977. The summed E-state index contributed by atoms with van der Waals surface area (Å²) in [6.07, 6.45) is 0.753. The Morgan fingerprint density at radius 2 is 1.96 bits per heavy atom. The molecule has 0 unspecified atom stereocenters. The molecule has 0 bridgehead atoms. The molecule has 1 aromatic heterocycles. The molecule has 6 nitrogen and oxygen atoms in total. The monoisotopic (exact) mass is 354 g/mol. The van der Waals surface area contributed by atoms with E-state index in [9.17, 15) is 13.2 Å². The van der Waals surface area contributed by atoms with Crippen LogP contribution in [-0.2, 0) is 16.4 Å². The van der Waals surface area contributed by atoms with E-state index in [4.69, 9.17) is 4.74 Å². The molecule has 23 heavy (non-hydrogen) atoms. The molecule has 0 spiro atoms. The molecule has 0 aliphatic carbocycles. The van der Waals surface area contributed by atoms with Crippen LogP contribution in [0.15, 0.2) is 34.5 Å². The van der Waals surface area contributed by atoms with E-state index in [-0.39, 0.29) is 10.6 Å². The fourth-order valence-electron chi connectivity index (χ4n) is 1.85. The molecule has 1 amide bonds. The van der Waals surface area contributed by atoms with E-state index in [0.717, 1.165) is 11.4 Å². The van der Waals surface area contributed by atoms with Gasteiger partial charge in [0.05, 0.1) is 17.0 Å². The van der Waals surface area contributed by atoms with Crippen molar-refractivity contribution in [3.05, 3.63) is 40.3 Å². The van der Waals surface area contributed by atoms with Gasteiger partial charge in [0, 0.05) is 11.8 Å². The molecule has 0 aliphatic rings. The Morgan fingerprint density at radius 1 is 1.30 bits per heavy atom. The van der Waals surface area contributed by atoms with Crippen LogP contribution in [0.4, 0.5) is 0 Å². The van der Waals surface area contributed by atoms with Crippen molar-refractivity contribution < 1.29 is 17.9 Å². The van der Waals surface area contributed by atoms with Crippen LogP contribution in [0.1, 0.15) is 29.3 Å². The third kappa shape index (κ3) is 4.52. The highest BCUT2D eigenvalue weighted by Crippen LogP contribution is 2.17. The molecule has 0 fully saturated rings. The number of amides is 1. The number of carbonyl (C=O) groups is 1. The van der Waals surface area contributed by atoms with Gasteiger partial charge in [0.2, 0.25) is 0 Å². The van der Waals surface area contributed by atoms with Crippen molar-refractivity contribution in [1.82, 2.24) is 9.71 Å². The molecular formula is C15H18N2O4S2. The number of benzene rings is 1. The zero-order valence-electron chi connectivity index (χ0n) is 13.1. The lowest BCUT2D eigenvalue weighted by Crippen LogP contribution is -2.30. The van der Waals surface area contributed by atoms with Gasteiger partial charge in [-0.3, -0.25) is 4.79 Å². The summed E-state index contributed by atoms with van der Waals surface area (Å²) in [6, 6.07) is 5.78. The first kappa shape index (κ1) is 17.4. The normalized spacial score (nSPS) is 11.5. The molecule has 0 aliphatic heterocycles. The van der Waals surface area contributed by atoms with E-state index < -0.39 is 15.9 Å². The summed E-state index contributed by atoms with van der Waals surface area (Å²) < 4.78 is 31.4. The number of nitrogens with one attached hydrogen (secondary N) is 1. The Balaban J connectivity index is 2.12. The summed E-state index contributed by atoms with van der Waals surface area (Å²) in [7, 11) is -2.45. The van der Waals surface area contributed by atoms with Gasteiger partial charge in [-0.1, -0.05) is 13.8 Å². The second-order valence-corrected chi connectivity index (χ2v) is 7.96. The Bertz CT molecular complexity index is 780. The fraction of sp³-hybridized carbons (Fsp3) is 0.333. The molecule has 1 heterocycles. The predicted molar refractivity (Wildman–Crippen MR) is 88.3 cm³/mol. The second kappa shape index (κ2) is 7.10. The lowest BCUT2D eigenvalue weighted by Gasteiger charge is -2.06. The number of rotatable bonds is 6. The largest absolute Gasteiger partial charge is 0.497 e. The van der Waals surface area contributed by atoms with E-state index in [2.05, 4.69) is 18.8 Å². The summed E-state index contributed by atoms with van der Waals surface area (Å²) in [5.41, 5.74) is 0.114. The lowest BCUT2D eigenvalue weighted by atomic mass is 10.1. The summed E-state index contributed by atoms with van der Waals surface area (Å²) >= 11 is 1.35. The molecule has 0 saturated heterocycles. The number of carbonyl (C=O) groups excluding carboxylic acids is 1. The van der Waals surface area contributed by atoms with Crippen LogP contribution in [0.3, 0.4) is 0 Å². The number of sulfonamides is 1. The van der Waals surface area contributed by atoms with Gasteiger partial charge in [-0.15, -0.1) is 11.3 Å². The van der Waals surface area contributed by atoms with Crippen LogP contribution in [0.25, 0.3) is 0 Å². The van der Waals surface area contributed by atoms with Gasteiger partial charge in [-0.25, -0.2) is 18.1 Å². The van der Waals surface area contributed by atoms with Crippen molar-refractivity contribution in [3.63, 3.8) is 0 Å². The van der Waals surface area contributed by atoms with Crippen molar-refractivity contribution in [3.8, 4) is 5.75 Å². The van der Waals surface area contributed by atoms with Crippen LogP contribution in [0, 0.1) is 5.92 Å². The smallest absolute Gasteiger partial charge is 0.284 e. The van der Waals surface area contributed by atoms with Crippen molar-refractivity contribution in [2.45, 2.75) is 25.2 Å². The topological polar surface area (TPSA) is 85.4 Å². The van der Waals surface area contributed by atoms with Crippen molar-refractivity contribution in [2.24, 2.45) is 5.92 Å². The van der Waals surface area contributed by atoms with Crippen LogP contribution < -0.4 is 9.46 Å². The Kier molecular flexibility index (Phi) is 5.38. The number of methoxy groups -OCH3 is 1. The molecule has 0 atom stereocenters. The highest BCUT2D eigenvalue weighted by atomic mass is 32.2. The van der Waals surface area contributed by atoms with Gasteiger partial charge in [0.1, 0.15) is 11.4 Å². The average Bonchev–Trinajstić information content (AvgIpc) is 2.94. The molecule has 8 heteroatoms. The predicted octanol–water partition coefficient (Wildman–Crippen LogP) is 2.47. The quantitative estimate of drug-likeness (QED) is 0.861. The first-order chi connectivity index (χ1) is 10.8. The highest BCUT2D eigenvalue weighted by Gasteiger charge is 2.20. The molecule has 1 N–H and O–H groups in total. The minimum atomic E-state index is -3.94. The fourth-order valence-corrected chi connectivity index (χ4v) is 3.80. The number of nitrogens with zero attached hydrogens (tertiary/aromatic N) is 1. The summed E-state index contributed by atoms with van der Waals surface area (Å²) in [5, 5.41) is 2.38. The van der Waals surface area contributed by atoms with Crippen LogP contribution >= 0.6 is 11.3 Å². The maximum atomic E-state index is 12.2. The maximum Gasteiger partial charge on any atom is 0.284 e. The summed E-state index contributed by atoms with van der Waals surface area (Å²) in [6.45, 7) is 4.10. The molecule has 2 aromatic rings. The Hall–Kier alpha value is -1.93. The third-order valence-electron chi connectivity index (χ3n) is 2.96. The first-order valence-corrected chi connectivity index (χ1v) is 9.33. The van der Waals surface area contributed by atoms with E-state index in [1.54, 1.807) is 5.38 Å². The van der Waals surface area contributed by atoms with Crippen LogP contribution in [-0.4, -0.2) is 26.4 Å². The Labute approximate surface area is 139 Å². The highest BCUT2D eigenvalue weighted by molar-refractivity contribution is 7.90. The summed E-state index contributed by atoms with van der Waals surface area (Å²) in [5.74, 6) is 0.222. The first-order valence-electron chi connectivity index (χ1n) is 6.97. The standard InChI is InChI=1S/C15H18N2O4S2/c1-10(2)8-14-16-13(9-22-14)15(18)17-23(19,20)12-6-4-11(21-3)5-7-12/h4-7,9-10H,8H2,1-3H3,(H,17,18). The average molecular weight is 354 g/mol. The van der Waals surface area contributed by atoms with Gasteiger partial charge in [0.25, 0.3) is 15.9 Å². The number of thiazole rings is 1. The molecule has 0 radical (unpaired) electrons. The van der Waals surface area contributed by atoms with E-state index in [1.807, 2.05) is 4.72 Å². The third-order valence-corrected chi connectivity index (χ3v) is 5.18. The van der Waals surface area contributed by atoms with E-state index >= 15 is 0 Å². The van der Waals surface area contributed by atoms with E-state index in [0.29, 0.717) is 11.7 Å².